The van der Waals surface area contributed by atoms with Crippen molar-refractivity contribution in [2.75, 3.05) is 0 Å². The average Bonchev–Trinajstić information content (AvgIpc) is 2.52. The molecule has 1 aliphatic rings. The Labute approximate surface area is 130 Å². The molecule has 0 radical (unpaired) electrons. The van der Waals surface area contributed by atoms with E-state index in [4.69, 9.17) is 0 Å². The van der Waals surface area contributed by atoms with Crippen molar-refractivity contribution >= 4 is 0 Å². The van der Waals surface area contributed by atoms with Crippen molar-refractivity contribution in [2.24, 2.45) is 5.92 Å². The standard InChI is InChI=1S/C15H18F6N2/c1-9(2)15(21)14(19,20)12(17)11(16)13(18)23(15)22-8-10-6-4-3-5-7-10/h3-7,9,11-13,22H,8H2,1-2H3. The number of nitrogens with one attached hydrogen (secondary N) is 1. The summed E-state index contributed by atoms with van der Waals surface area (Å²) >= 11 is 0. The Morgan fingerprint density at radius 2 is 1.65 bits per heavy atom. The molecule has 4 atom stereocenters. The van der Waals surface area contributed by atoms with E-state index in [2.05, 4.69) is 5.43 Å². The molecule has 0 aliphatic carbocycles. The van der Waals surface area contributed by atoms with Gasteiger partial charge in [0.25, 0.3) is 0 Å². The molecule has 2 nitrogen and oxygen atoms in total. The summed E-state index contributed by atoms with van der Waals surface area (Å²) in [6, 6.07) is 8.20. The lowest BCUT2D eigenvalue weighted by Crippen LogP contribution is -2.76. The summed E-state index contributed by atoms with van der Waals surface area (Å²) in [6.45, 7) is 1.91. The molecule has 1 heterocycles. The minimum atomic E-state index is -4.70. The predicted molar refractivity (Wildman–Crippen MR) is 73.4 cm³/mol. The van der Waals surface area contributed by atoms with Gasteiger partial charge in [-0.3, -0.25) is 0 Å². The molecule has 1 N–H and O–H groups in total. The molecule has 0 amide bonds. The van der Waals surface area contributed by atoms with Crippen molar-refractivity contribution in [3.8, 4) is 0 Å². The number of hydrogen-bond donors (Lipinski definition) is 1. The van der Waals surface area contributed by atoms with Gasteiger partial charge in [0, 0.05) is 12.5 Å². The van der Waals surface area contributed by atoms with Gasteiger partial charge in [0.1, 0.15) is 0 Å². The number of benzene rings is 1. The van der Waals surface area contributed by atoms with Gasteiger partial charge in [0.05, 0.1) is 0 Å². The molecule has 4 unspecified atom stereocenters. The van der Waals surface area contributed by atoms with Crippen LogP contribution < -0.4 is 5.43 Å². The minimum absolute atomic E-state index is 0.120. The molecular weight excluding hydrogens is 322 g/mol. The molecule has 130 valence electrons. The lowest BCUT2D eigenvalue weighted by molar-refractivity contribution is -0.340. The highest BCUT2D eigenvalue weighted by Crippen LogP contribution is 2.50. The Balaban J connectivity index is 2.32. The smallest absolute Gasteiger partial charge is 0.245 e. The second-order valence-electron chi connectivity index (χ2n) is 5.86. The fourth-order valence-corrected chi connectivity index (χ4v) is 2.65. The van der Waals surface area contributed by atoms with Crippen LogP contribution >= 0.6 is 0 Å². The second-order valence-corrected chi connectivity index (χ2v) is 5.86. The average molecular weight is 340 g/mol. The van der Waals surface area contributed by atoms with Crippen LogP contribution in [-0.2, 0) is 6.54 Å². The van der Waals surface area contributed by atoms with Gasteiger partial charge in [-0.05, 0) is 5.56 Å². The Kier molecular flexibility index (Phi) is 4.96. The SMILES string of the molecule is CC(C)C1(F)N(NCc2ccccc2)C(F)C(F)C(F)C1(F)F. The summed E-state index contributed by atoms with van der Waals surface area (Å²) in [5.41, 5.74) is 2.71. The molecular formula is C15H18F6N2. The monoisotopic (exact) mass is 340 g/mol. The Morgan fingerprint density at radius 3 is 2.17 bits per heavy atom. The lowest BCUT2D eigenvalue weighted by atomic mass is 9.85. The second kappa shape index (κ2) is 6.32. The number of halogens is 6. The third-order valence-electron chi connectivity index (χ3n) is 4.01. The van der Waals surface area contributed by atoms with E-state index < -0.39 is 36.3 Å². The van der Waals surface area contributed by atoms with Crippen LogP contribution in [-0.4, -0.2) is 35.4 Å². The molecule has 2 rings (SSSR count). The van der Waals surface area contributed by atoms with E-state index in [1.54, 1.807) is 30.3 Å². The molecule has 1 fully saturated rings. The number of hydrogen-bond acceptors (Lipinski definition) is 2. The van der Waals surface area contributed by atoms with Crippen molar-refractivity contribution in [3.05, 3.63) is 35.9 Å². The first-order valence-electron chi connectivity index (χ1n) is 7.19. The Bertz CT molecular complexity index is 526. The first kappa shape index (κ1) is 18.1. The first-order valence-corrected chi connectivity index (χ1v) is 7.19. The number of rotatable bonds is 4. The van der Waals surface area contributed by atoms with Crippen LogP contribution in [0.4, 0.5) is 26.3 Å². The van der Waals surface area contributed by atoms with Crippen LogP contribution in [0, 0.1) is 5.92 Å². The molecule has 1 aromatic rings. The molecule has 0 aromatic heterocycles. The molecule has 0 bridgehead atoms. The van der Waals surface area contributed by atoms with Crippen LogP contribution in [0.2, 0.25) is 0 Å². The Morgan fingerprint density at radius 1 is 1.09 bits per heavy atom. The van der Waals surface area contributed by atoms with E-state index in [1.807, 2.05) is 0 Å². The van der Waals surface area contributed by atoms with Gasteiger partial charge in [-0.1, -0.05) is 44.2 Å². The minimum Gasteiger partial charge on any atom is -0.245 e. The van der Waals surface area contributed by atoms with Crippen molar-refractivity contribution < 1.29 is 26.3 Å². The van der Waals surface area contributed by atoms with Gasteiger partial charge < -0.3 is 0 Å². The Hall–Kier alpha value is -1.28. The number of nitrogens with zero attached hydrogens (tertiary/aromatic N) is 1. The van der Waals surface area contributed by atoms with E-state index in [9.17, 15) is 26.3 Å². The highest BCUT2D eigenvalue weighted by Gasteiger charge is 2.73. The topological polar surface area (TPSA) is 15.3 Å². The number of hydrazine groups is 1. The van der Waals surface area contributed by atoms with Crippen LogP contribution in [0.3, 0.4) is 0 Å². The molecule has 1 aromatic carbocycles. The zero-order valence-corrected chi connectivity index (χ0v) is 12.6. The van der Waals surface area contributed by atoms with Gasteiger partial charge in [-0.25, -0.2) is 23.0 Å². The highest BCUT2D eigenvalue weighted by atomic mass is 19.3. The first-order chi connectivity index (χ1) is 10.6. The number of alkyl halides is 6. The normalized spacial score (nSPS) is 34.7. The van der Waals surface area contributed by atoms with E-state index in [1.165, 1.54) is 0 Å². The van der Waals surface area contributed by atoms with Crippen molar-refractivity contribution in [1.29, 1.82) is 0 Å². The zero-order valence-electron chi connectivity index (χ0n) is 12.6. The van der Waals surface area contributed by atoms with Crippen LogP contribution in [0.1, 0.15) is 19.4 Å². The van der Waals surface area contributed by atoms with Crippen molar-refractivity contribution in [3.63, 3.8) is 0 Å². The summed E-state index contributed by atoms with van der Waals surface area (Å²) in [5, 5.41) is -0.120. The molecule has 1 aliphatic heterocycles. The van der Waals surface area contributed by atoms with Gasteiger partial charge in [0.15, 0.2) is 6.17 Å². The molecule has 23 heavy (non-hydrogen) atoms. The van der Waals surface area contributed by atoms with Crippen molar-refractivity contribution in [1.82, 2.24) is 10.4 Å². The highest BCUT2D eigenvalue weighted by molar-refractivity contribution is 5.15. The zero-order chi connectivity index (χ0) is 17.4. The maximum absolute atomic E-state index is 15.0. The molecule has 0 saturated carbocycles. The summed E-state index contributed by atoms with van der Waals surface area (Å²) in [4.78, 5) is 0. The molecule has 1 saturated heterocycles. The van der Waals surface area contributed by atoms with E-state index in [-0.39, 0.29) is 11.6 Å². The largest absolute Gasteiger partial charge is 0.329 e. The van der Waals surface area contributed by atoms with Crippen LogP contribution in [0.5, 0.6) is 0 Å². The third kappa shape index (κ3) is 2.82. The van der Waals surface area contributed by atoms with E-state index >= 15 is 0 Å². The lowest BCUT2D eigenvalue weighted by Gasteiger charge is -2.51. The summed E-state index contributed by atoms with van der Waals surface area (Å²) in [5.74, 6) is -9.89. The number of piperidine rings is 1. The predicted octanol–water partition coefficient (Wildman–Crippen LogP) is 3.94. The third-order valence-corrected chi connectivity index (χ3v) is 4.01. The van der Waals surface area contributed by atoms with E-state index in [0.717, 1.165) is 13.8 Å². The quantitative estimate of drug-likeness (QED) is 0.660. The van der Waals surface area contributed by atoms with Gasteiger partial charge in [-0.2, -0.15) is 13.8 Å². The summed E-state index contributed by atoms with van der Waals surface area (Å²) < 4.78 is 84.3. The van der Waals surface area contributed by atoms with Gasteiger partial charge in [-0.15, -0.1) is 0 Å². The van der Waals surface area contributed by atoms with E-state index in [0.29, 0.717) is 5.56 Å². The fourth-order valence-electron chi connectivity index (χ4n) is 2.65. The summed E-state index contributed by atoms with van der Waals surface area (Å²) in [7, 11) is 0. The van der Waals surface area contributed by atoms with Crippen molar-refractivity contribution in [2.45, 2.75) is 50.7 Å². The van der Waals surface area contributed by atoms with Crippen LogP contribution in [0.15, 0.2) is 30.3 Å². The summed E-state index contributed by atoms with van der Waals surface area (Å²) in [6.07, 6.45) is -9.59. The fraction of sp³-hybridized carbons (Fsp3) is 0.600. The maximum atomic E-state index is 15.0. The van der Waals surface area contributed by atoms with Crippen LogP contribution in [0.25, 0.3) is 0 Å². The maximum Gasteiger partial charge on any atom is 0.329 e. The molecule has 0 spiro atoms. The molecule has 8 heteroatoms. The van der Waals surface area contributed by atoms with Gasteiger partial charge >= 0.3 is 5.92 Å². The van der Waals surface area contributed by atoms with Gasteiger partial charge in [0.2, 0.25) is 18.3 Å².